The number of anilines is 1. The standard InChI is InChI=1S/C13H17NO2/c1-14(9-13-3-2-8-16-13)12-6-4-11(10-15)5-7-12/h4-7,10,13H,2-3,8-9H2,1H3. The lowest BCUT2D eigenvalue weighted by Gasteiger charge is -2.22. The highest BCUT2D eigenvalue weighted by molar-refractivity contribution is 5.75. The van der Waals surface area contributed by atoms with Gasteiger partial charge in [-0.2, -0.15) is 0 Å². The van der Waals surface area contributed by atoms with E-state index in [2.05, 4.69) is 11.9 Å². The van der Waals surface area contributed by atoms with Gasteiger partial charge >= 0.3 is 0 Å². The normalized spacial score (nSPS) is 19.7. The Morgan fingerprint density at radius 2 is 2.19 bits per heavy atom. The van der Waals surface area contributed by atoms with E-state index in [1.165, 1.54) is 6.42 Å². The van der Waals surface area contributed by atoms with Crippen molar-refractivity contribution in [1.82, 2.24) is 0 Å². The number of rotatable bonds is 4. The highest BCUT2D eigenvalue weighted by atomic mass is 16.5. The summed E-state index contributed by atoms with van der Waals surface area (Å²) in [5.74, 6) is 0. The van der Waals surface area contributed by atoms with Crippen LogP contribution in [0.2, 0.25) is 0 Å². The molecule has 0 spiro atoms. The Morgan fingerprint density at radius 1 is 1.44 bits per heavy atom. The maximum atomic E-state index is 10.5. The van der Waals surface area contributed by atoms with E-state index in [1.54, 1.807) is 0 Å². The van der Waals surface area contributed by atoms with E-state index in [4.69, 9.17) is 4.74 Å². The molecule has 2 rings (SSSR count). The molecule has 1 aliphatic heterocycles. The van der Waals surface area contributed by atoms with Gasteiger partial charge < -0.3 is 9.64 Å². The Morgan fingerprint density at radius 3 is 2.75 bits per heavy atom. The fourth-order valence-electron chi connectivity index (χ4n) is 2.01. The van der Waals surface area contributed by atoms with Gasteiger partial charge in [0.1, 0.15) is 6.29 Å². The summed E-state index contributed by atoms with van der Waals surface area (Å²) in [7, 11) is 2.05. The van der Waals surface area contributed by atoms with Crippen molar-refractivity contribution in [3.8, 4) is 0 Å². The second kappa shape index (κ2) is 5.12. The molecule has 1 saturated heterocycles. The Bertz CT molecular complexity index is 341. The Hall–Kier alpha value is -1.35. The van der Waals surface area contributed by atoms with Crippen LogP contribution in [-0.2, 0) is 4.74 Å². The third-order valence-electron chi connectivity index (χ3n) is 2.97. The summed E-state index contributed by atoms with van der Waals surface area (Å²) in [5, 5.41) is 0. The summed E-state index contributed by atoms with van der Waals surface area (Å²) in [6, 6.07) is 7.63. The summed E-state index contributed by atoms with van der Waals surface area (Å²) in [5.41, 5.74) is 1.84. The van der Waals surface area contributed by atoms with Crippen LogP contribution in [0.4, 0.5) is 5.69 Å². The van der Waals surface area contributed by atoms with Gasteiger partial charge in [0, 0.05) is 31.5 Å². The summed E-state index contributed by atoms with van der Waals surface area (Å²) in [6.45, 7) is 1.81. The molecule has 16 heavy (non-hydrogen) atoms. The summed E-state index contributed by atoms with van der Waals surface area (Å²) < 4.78 is 5.59. The summed E-state index contributed by atoms with van der Waals surface area (Å²) >= 11 is 0. The van der Waals surface area contributed by atoms with Crippen LogP contribution in [0.25, 0.3) is 0 Å². The van der Waals surface area contributed by atoms with Crippen molar-refractivity contribution in [2.75, 3.05) is 25.1 Å². The topological polar surface area (TPSA) is 29.5 Å². The number of nitrogens with zero attached hydrogens (tertiary/aromatic N) is 1. The number of hydrogen-bond donors (Lipinski definition) is 0. The number of likely N-dealkylation sites (N-methyl/N-ethyl adjacent to an activating group) is 1. The second-order valence-corrected chi connectivity index (χ2v) is 4.22. The minimum Gasteiger partial charge on any atom is -0.376 e. The molecule has 0 aliphatic carbocycles. The number of hydrogen-bond acceptors (Lipinski definition) is 3. The number of aldehydes is 1. The Kier molecular flexibility index (Phi) is 3.57. The van der Waals surface area contributed by atoms with Gasteiger partial charge in [-0.15, -0.1) is 0 Å². The number of carbonyl (C=O) groups excluding carboxylic acids is 1. The van der Waals surface area contributed by atoms with E-state index >= 15 is 0 Å². The Balaban J connectivity index is 1.96. The molecule has 0 N–H and O–H groups in total. The quantitative estimate of drug-likeness (QED) is 0.726. The van der Waals surface area contributed by atoms with Crippen LogP contribution in [0.3, 0.4) is 0 Å². The SMILES string of the molecule is CN(CC1CCCO1)c1ccc(C=O)cc1. The fraction of sp³-hybridized carbons (Fsp3) is 0.462. The fourth-order valence-corrected chi connectivity index (χ4v) is 2.01. The monoisotopic (exact) mass is 219 g/mol. The smallest absolute Gasteiger partial charge is 0.150 e. The van der Waals surface area contributed by atoms with Crippen molar-refractivity contribution < 1.29 is 9.53 Å². The van der Waals surface area contributed by atoms with Gasteiger partial charge in [-0.3, -0.25) is 4.79 Å². The highest BCUT2D eigenvalue weighted by Crippen LogP contribution is 2.18. The van der Waals surface area contributed by atoms with Crippen LogP contribution < -0.4 is 4.90 Å². The number of ether oxygens (including phenoxy) is 1. The first kappa shape index (κ1) is 11.1. The molecule has 1 aromatic rings. The van der Waals surface area contributed by atoms with Crippen LogP contribution in [0.15, 0.2) is 24.3 Å². The zero-order valence-corrected chi connectivity index (χ0v) is 9.56. The van der Waals surface area contributed by atoms with E-state index in [0.717, 1.165) is 31.5 Å². The van der Waals surface area contributed by atoms with Crippen molar-refractivity contribution in [2.45, 2.75) is 18.9 Å². The van der Waals surface area contributed by atoms with Gasteiger partial charge in [-0.1, -0.05) is 0 Å². The largest absolute Gasteiger partial charge is 0.376 e. The maximum absolute atomic E-state index is 10.5. The average Bonchev–Trinajstić information content (AvgIpc) is 2.82. The first-order valence-corrected chi connectivity index (χ1v) is 5.67. The van der Waals surface area contributed by atoms with Crippen molar-refractivity contribution in [3.63, 3.8) is 0 Å². The zero-order chi connectivity index (χ0) is 11.4. The molecule has 3 heteroatoms. The summed E-state index contributed by atoms with van der Waals surface area (Å²) in [6.07, 6.45) is 3.54. The molecule has 0 radical (unpaired) electrons. The first-order chi connectivity index (χ1) is 7.79. The van der Waals surface area contributed by atoms with Gasteiger partial charge in [0.05, 0.1) is 6.10 Å². The molecule has 3 nitrogen and oxygen atoms in total. The molecule has 86 valence electrons. The van der Waals surface area contributed by atoms with Crippen LogP contribution in [0, 0.1) is 0 Å². The van der Waals surface area contributed by atoms with Gasteiger partial charge in [-0.25, -0.2) is 0 Å². The van der Waals surface area contributed by atoms with E-state index in [9.17, 15) is 4.79 Å². The van der Waals surface area contributed by atoms with Gasteiger partial charge in [0.2, 0.25) is 0 Å². The Labute approximate surface area is 96.0 Å². The molecular formula is C13H17NO2. The van der Waals surface area contributed by atoms with E-state index in [-0.39, 0.29) is 0 Å². The molecule has 1 aliphatic rings. The van der Waals surface area contributed by atoms with Crippen molar-refractivity contribution in [1.29, 1.82) is 0 Å². The van der Waals surface area contributed by atoms with Crippen molar-refractivity contribution in [2.24, 2.45) is 0 Å². The molecule has 0 bridgehead atoms. The molecule has 0 amide bonds. The third kappa shape index (κ3) is 2.61. The van der Waals surface area contributed by atoms with E-state index < -0.39 is 0 Å². The molecular weight excluding hydrogens is 202 g/mol. The van der Waals surface area contributed by atoms with E-state index in [1.807, 2.05) is 24.3 Å². The lowest BCUT2D eigenvalue weighted by molar-refractivity contribution is 0.112. The predicted molar refractivity (Wildman–Crippen MR) is 64.1 cm³/mol. The average molecular weight is 219 g/mol. The molecule has 1 aromatic carbocycles. The van der Waals surface area contributed by atoms with Crippen LogP contribution in [0.5, 0.6) is 0 Å². The molecule has 0 saturated carbocycles. The van der Waals surface area contributed by atoms with Gasteiger partial charge in [-0.05, 0) is 37.1 Å². The second-order valence-electron chi connectivity index (χ2n) is 4.22. The van der Waals surface area contributed by atoms with Crippen molar-refractivity contribution in [3.05, 3.63) is 29.8 Å². The third-order valence-corrected chi connectivity index (χ3v) is 2.97. The van der Waals surface area contributed by atoms with Crippen LogP contribution in [0.1, 0.15) is 23.2 Å². The highest BCUT2D eigenvalue weighted by Gasteiger charge is 2.17. The van der Waals surface area contributed by atoms with Gasteiger partial charge in [0.25, 0.3) is 0 Å². The lowest BCUT2D eigenvalue weighted by Crippen LogP contribution is -2.28. The molecule has 1 heterocycles. The predicted octanol–water partition coefficient (Wildman–Crippen LogP) is 2.11. The maximum Gasteiger partial charge on any atom is 0.150 e. The minimum absolute atomic E-state index is 0.357. The van der Waals surface area contributed by atoms with Crippen molar-refractivity contribution >= 4 is 12.0 Å². The van der Waals surface area contributed by atoms with E-state index in [0.29, 0.717) is 11.7 Å². The number of benzene rings is 1. The molecule has 1 unspecified atom stereocenters. The minimum atomic E-state index is 0.357. The zero-order valence-electron chi connectivity index (χ0n) is 9.56. The molecule has 1 atom stereocenters. The lowest BCUT2D eigenvalue weighted by atomic mass is 10.2. The van der Waals surface area contributed by atoms with Crippen LogP contribution >= 0.6 is 0 Å². The van der Waals surface area contributed by atoms with Gasteiger partial charge in [0.15, 0.2) is 0 Å². The molecule has 1 fully saturated rings. The first-order valence-electron chi connectivity index (χ1n) is 5.67. The number of carbonyl (C=O) groups is 1. The molecule has 0 aromatic heterocycles. The summed E-state index contributed by atoms with van der Waals surface area (Å²) in [4.78, 5) is 12.7. The van der Waals surface area contributed by atoms with Crippen LogP contribution in [-0.4, -0.2) is 32.6 Å².